The van der Waals surface area contributed by atoms with Crippen molar-refractivity contribution in [2.45, 2.75) is 134 Å². The molecule has 0 amide bonds. The molecule has 1 aromatic carbocycles. The number of benzene rings is 1. The van der Waals surface area contributed by atoms with Crippen LogP contribution in [0.4, 0.5) is 22.0 Å². The summed E-state index contributed by atoms with van der Waals surface area (Å²) in [5, 5.41) is 20.9. The van der Waals surface area contributed by atoms with Gasteiger partial charge in [0, 0.05) is 6.42 Å². The Balaban J connectivity index is 0.000000327. The van der Waals surface area contributed by atoms with Gasteiger partial charge in [-0.15, -0.1) is 0 Å². The smallest absolute Gasteiger partial charge is 0.453 e. The van der Waals surface area contributed by atoms with Gasteiger partial charge in [0.25, 0.3) is 0 Å². The van der Waals surface area contributed by atoms with E-state index in [0.29, 0.717) is 23.3 Å². The number of aliphatic hydroxyl groups is 1. The molecule has 0 bridgehead atoms. The number of phenolic OH excluding ortho intramolecular Hbond substituents is 1. The molecule has 3 aliphatic carbocycles. The lowest BCUT2D eigenvalue weighted by atomic mass is 9.52. The molecule has 0 heterocycles. The fourth-order valence-electron chi connectivity index (χ4n) is 7.98. The van der Waals surface area contributed by atoms with Gasteiger partial charge in [-0.05, 0) is 109 Å². The molecular weight excluding hydrogens is 555 g/mol. The number of unbranched alkanes of at least 4 members (excludes halogenated alkanes) is 6. The predicted molar refractivity (Wildman–Crippen MR) is 159 cm³/mol. The highest BCUT2D eigenvalue weighted by Gasteiger charge is 2.57. The van der Waals surface area contributed by atoms with Crippen molar-refractivity contribution in [1.29, 1.82) is 0 Å². The molecule has 41 heavy (non-hydrogen) atoms. The van der Waals surface area contributed by atoms with Gasteiger partial charge in [0.15, 0.2) is 0 Å². The molecule has 3 unspecified atom stereocenters. The molecule has 236 valence electrons. The number of hydrogen-bond donors (Lipinski definition) is 2. The minimum atomic E-state index is -5.40. The highest BCUT2D eigenvalue weighted by atomic mass is 32.2. The number of alkyl halides is 5. The van der Waals surface area contributed by atoms with Crippen molar-refractivity contribution in [3.05, 3.63) is 29.3 Å². The van der Waals surface area contributed by atoms with Crippen molar-refractivity contribution in [3.8, 4) is 5.75 Å². The second kappa shape index (κ2) is 15.1. The number of rotatable bonds is 12. The molecule has 2 N–H and O–H groups in total. The Morgan fingerprint density at radius 2 is 1.63 bits per heavy atom. The van der Waals surface area contributed by atoms with Crippen molar-refractivity contribution >= 4 is 11.8 Å². The number of thioether (sulfide) groups is 1. The Labute approximate surface area is 248 Å². The average Bonchev–Trinajstić information content (AvgIpc) is 3.21. The van der Waals surface area contributed by atoms with Crippen LogP contribution in [-0.4, -0.2) is 40.4 Å². The summed E-state index contributed by atoms with van der Waals surface area (Å²) in [7, 11) is 0. The first kappa shape index (κ1) is 34.5. The van der Waals surface area contributed by atoms with Crippen LogP contribution in [0.5, 0.6) is 5.75 Å². The summed E-state index contributed by atoms with van der Waals surface area (Å²) in [5.74, 6) is -1.02. The summed E-state index contributed by atoms with van der Waals surface area (Å²) < 4.78 is 58.8. The molecule has 0 spiro atoms. The number of aromatic hydroxyl groups is 1. The molecule has 0 aromatic heterocycles. The minimum absolute atomic E-state index is 0.103. The van der Waals surface area contributed by atoms with Crippen molar-refractivity contribution in [2.24, 2.45) is 23.2 Å². The van der Waals surface area contributed by atoms with E-state index in [1.807, 2.05) is 12.1 Å². The van der Waals surface area contributed by atoms with Crippen LogP contribution in [0.3, 0.4) is 0 Å². The maximum Gasteiger partial charge on any atom is 0.453 e. The summed E-state index contributed by atoms with van der Waals surface area (Å²) in [6.07, 6.45) is 11.6. The number of halogens is 5. The Hall–Kier alpha value is -1.02. The molecule has 0 radical (unpaired) electrons. The van der Waals surface area contributed by atoms with E-state index in [9.17, 15) is 32.2 Å². The third kappa shape index (κ3) is 8.55. The molecule has 0 saturated heterocycles. The van der Waals surface area contributed by atoms with E-state index in [1.165, 1.54) is 87.1 Å². The predicted octanol–water partition coefficient (Wildman–Crippen LogP) is 10.3. The first-order valence-corrected chi connectivity index (χ1v) is 17.2. The fraction of sp³-hybridized carbons (Fsp3) is 0.818. The average molecular weight is 607 g/mol. The molecule has 2 nitrogen and oxygen atoms in total. The molecule has 3 aliphatic rings. The van der Waals surface area contributed by atoms with E-state index in [4.69, 9.17) is 0 Å². The highest BCUT2D eigenvalue weighted by Crippen LogP contribution is 2.62. The van der Waals surface area contributed by atoms with Crippen LogP contribution >= 0.6 is 11.8 Å². The van der Waals surface area contributed by atoms with Gasteiger partial charge in [0.2, 0.25) is 0 Å². The Morgan fingerprint density at radius 1 is 0.951 bits per heavy atom. The van der Waals surface area contributed by atoms with Gasteiger partial charge >= 0.3 is 12.1 Å². The van der Waals surface area contributed by atoms with Gasteiger partial charge in [0.1, 0.15) is 5.75 Å². The van der Waals surface area contributed by atoms with E-state index in [-0.39, 0.29) is 17.9 Å². The maximum atomic E-state index is 12.1. The first-order chi connectivity index (χ1) is 19.4. The van der Waals surface area contributed by atoms with Gasteiger partial charge in [-0.3, -0.25) is 0 Å². The van der Waals surface area contributed by atoms with E-state index < -0.39 is 18.5 Å². The van der Waals surface area contributed by atoms with Crippen LogP contribution in [0.1, 0.15) is 121 Å². The quantitative estimate of drug-likeness (QED) is 0.184. The maximum absolute atomic E-state index is 12.1. The zero-order valence-corrected chi connectivity index (χ0v) is 25.9. The van der Waals surface area contributed by atoms with E-state index in [2.05, 4.69) is 19.9 Å². The summed E-state index contributed by atoms with van der Waals surface area (Å²) >= 11 is 1.25. The molecule has 2 fully saturated rings. The molecule has 6 atom stereocenters. The van der Waals surface area contributed by atoms with Crippen molar-refractivity contribution in [1.82, 2.24) is 0 Å². The highest BCUT2D eigenvalue weighted by molar-refractivity contribution is 7.98. The molecular formula is C33H51F5O2S. The van der Waals surface area contributed by atoms with Crippen molar-refractivity contribution < 1.29 is 32.2 Å². The van der Waals surface area contributed by atoms with Crippen LogP contribution in [-0.2, 0) is 6.42 Å². The van der Waals surface area contributed by atoms with Crippen LogP contribution in [0, 0.1) is 23.2 Å². The Morgan fingerprint density at radius 3 is 2.29 bits per heavy atom. The van der Waals surface area contributed by atoms with Gasteiger partial charge in [-0.25, -0.2) is 0 Å². The minimum Gasteiger partial charge on any atom is -0.508 e. The zero-order valence-electron chi connectivity index (χ0n) is 25.1. The molecule has 0 aliphatic heterocycles. The number of aliphatic hydroxyl groups excluding tert-OH is 1. The molecule has 1 aromatic rings. The molecule has 8 heteroatoms. The second-order valence-electron chi connectivity index (χ2n) is 13.0. The molecule has 4 rings (SSSR count). The summed E-state index contributed by atoms with van der Waals surface area (Å²) in [6, 6.07) is 6.14. The van der Waals surface area contributed by atoms with E-state index >= 15 is 0 Å². The van der Waals surface area contributed by atoms with Gasteiger partial charge < -0.3 is 10.2 Å². The van der Waals surface area contributed by atoms with Gasteiger partial charge in [-0.1, -0.05) is 64.9 Å². The fourth-order valence-corrected chi connectivity index (χ4v) is 8.41. The number of phenols is 1. The summed E-state index contributed by atoms with van der Waals surface area (Å²) in [6.45, 7) is 4.66. The second-order valence-corrected chi connectivity index (χ2v) is 14.0. The Bertz CT molecular complexity index is 939. The third-order valence-electron chi connectivity index (χ3n) is 10.3. The monoisotopic (exact) mass is 606 g/mol. The lowest BCUT2D eigenvalue weighted by Gasteiger charge is -2.53. The third-order valence-corrected chi connectivity index (χ3v) is 11.0. The largest absolute Gasteiger partial charge is 0.508 e. The van der Waals surface area contributed by atoms with Gasteiger partial charge in [-0.2, -0.15) is 33.7 Å². The summed E-state index contributed by atoms with van der Waals surface area (Å²) in [5.41, 5.74) is 3.04. The standard InChI is InChI=1S/C27H42O2.C6H9F5S/c1-3-4-5-6-7-8-9-10-19-17-20-18-21(28)11-12-22(20)23-15-16-27(2)24(26(19)23)13-14-25(27)29;1-12-4-2-3-5(7,8)6(9,10)11/h11-12,18-19,23-26,28-29H,3-10,13-17H2,1-2H3;2-4H2,1H3/t19-,23?,24?,25+,26?,27+;/m1./s1. The SMILES string of the molecule is CCCCCCCCC[C@@H]1Cc2cc(O)ccc2C2CC[C@@]3(C)C(CC[C@@H]3O)C21.CSCCCC(F)(F)C(F)(F)F. The van der Waals surface area contributed by atoms with Gasteiger partial charge in [0.05, 0.1) is 6.10 Å². The zero-order chi connectivity index (χ0) is 30.3. The van der Waals surface area contributed by atoms with Crippen LogP contribution in [0.2, 0.25) is 0 Å². The van der Waals surface area contributed by atoms with Crippen LogP contribution in [0.15, 0.2) is 18.2 Å². The summed E-state index contributed by atoms with van der Waals surface area (Å²) in [4.78, 5) is 0. The lowest BCUT2D eigenvalue weighted by molar-refractivity contribution is -0.284. The van der Waals surface area contributed by atoms with E-state index in [0.717, 1.165) is 31.1 Å². The first-order valence-electron chi connectivity index (χ1n) is 15.8. The van der Waals surface area contributed by atoms with Crippen molar-refractivity contribution in [2.75, 3.05) is 12.0 Å². The number of hydrogen-bond acceptors (Lipinski definition) is 3. The van der Waals surface area contributed by atoms with Crippen molar-refractivity contribution in [3.63, 3.8) is 0 Å². The number of fused-ring (bicyclic) bond motifs is 5. The molecule has 2 saturated carbocycles. The van der Waals surface area contributed by atoms with E-state index in [1.54, 1.807) is 6.26 Å². The van der Waals surface area contributed by atoms with Crippen LogP contribution < -0.4 is 0 Å². The van der Waals surface area contributed by atoms with Crippen LogP contribution in [0.25, 0.3) is 0 Å². The lowest BCUT2D eigenvalue weighted by Crippen LogP contribution is -2.47. The normalized spacial score (nSPS) is 29.2. The topological polar surface area (TPSA) is 40.5 Å². The Kier molecular flexibility index (Phi) is 12.7.